The average molecular weight is 209 g/mol. The van der Waals surface area contributed by atoms with Gasteiger partial charge in [-0.15, -0.1) is 0 Å². The van der Waals surface area contributed by atoms with Crippen molar-refractivity contribution in [2.75, 3.05) is 7.11 Å². The fraction of sp³-hybridized carbons (Fsp3) is 0.583. The molecule has 1 aliphatic carbocycles. The monoisotopic (exact) mass is 209 g/mol. The molecule has 3 heteroatoms. The summed E-state index contributed by atoms with van der Waals surface area (Å²) in [4.78, 5) is 0. The zero-order valence-electron chi connectivity index (χ0n) is 9.60. The van der Waals surface area contributed by atoms with Crippen LogP contribution in [0.5, 0.6) is 0 Å². The second-order valence-electron chi connectivity index (χ2n) is 4.21. The smallest absolute Gasteiger partial charge is 0.0890 e. The Labute approximate surface area is 91.1 Å². The molecule has 0 aromatic heterocycles. The van der Waals surface area contributed by atoms with E-state index in [0.29, 0.717) is 0 Å². The first-order chi connectivity index (χ1) is 7.18. The molecular weight excluding hydrogens is 190 g/mol. The molecular formula is C12H19NO2. The maximum atomic E-state index is 8.62. The van der Waals surface area contributed by atoms with Crippen LogP contribution in [0, 0.1) is 5.41 Å². The molecule has 0 saturated heterocycles. The van der Waals surface area contributed by atoms with Gasteiger partial charge in [0.15, 0.2) is 0 Å². The number of hydrogen-bond acceptors (Lipinski definition) is 3. The highest BCUT2D eigenvalue weighted by atomic mass is 16.5. The Hall–Kier alpha value is -1.09. The molecule has 0 aliphatic heterocycles. The van der Waals surface area contributed by atoms with Gasteiger partial charge in [0.1, 0.15) is 0 Å². The summed E-state index contributed by atoms with van der Waals surface area (Å²) in [5.74, 6) is 0. The third-order valence-electron chi connectivity index (χ3n) is 2.90. The minimum atomic E-state index is 0.0181. The van der Waals surface area contributed by atoms with E-state index in [1.54, 1.807) is 7.11 Å². The van der Waals surface area contributed by atoms with Crippen LogP contribution in [0.25, 0.3) is 0 Å². The SMILES string of the molecule is C\C=C/C=C(\C=N\O)C(OC)C1(C)CC1. The number of allylic oxidation sites excluding steroid dienone is 3. The molecule has 0 amide bonds. The van der Waals surface area contributed by atoms with Gasteiger partial charge in [0.05, 0.1) is 12.3 Å². The fourth-order valence-electron chi connectivity index (χ4n) is 1.75. The Morgan fingerprint density at radius 1 is 1.53 bits per heavy atom. The number of rotatable bonds is 5. The molecule has 0 spiro atoms. The van der Waals surface area contributed by atoms with E-state index in [9.17, 15) is 0 Å². The molecule has 1 saturated carbocycles. The summed E-state index contributed by atoms with van der Waals surface area (Å²) in [6.07, 6.45) is 9.59. The topological polar surface area (TPSA) is 41.8 Å². The Bertz CT molecular complexity index is 288. The van der Waals surface area contributed by atoms with Gasteiger partial charge in [-0.25, -0.2) is 0 Å². The second-order valence-corrected chi connectivity index (χ2v) is 4.21. The Morgan fingerprint density at radius 3 is 2.60 bits per heavy atom. The van der Waals surface area contributed by atoms with Crippen LogP contribution < -0.4 is 0 Å². The van der Waals surface area contributed by atoms with Crippen LogP contribution in [-0.4, -0.2) is 24.6 Å². The molecule has 15 heavy (non-hydrogen) atoms. The first-order valence-corrected chi connectivity index (χ1v) is 5.21. The largest absolute Gasteiger partial charge is 0.411 e. The maximum Gasteiger partial charge on any atom is 0.0890 e. The van der Waals surface area contributed by atoms with Gasteiger partial charge < -0.3 is 9.94 Å². The lowest BCUT2D eigenvalue weighted by Gasteiger charge is -2.22. The lowest BCUT2D eigenvalue weighted by molar-refractivity contribution is 0.0808. The van der Waals surface area contributed by atoms with E-state index < -0.39 is 0 Å². The molecule has 0 aromatic rings. The molecule has 1 atom stereocenters. The van der Waals surface area contributed by atoms with Gasteiger partial charge in [0.2, 0.25) is 0 Å². The molecule has 84 valence electrons. The summed E-state index contributed by atoms with van der Waals surface area (Å²) in [5, 5.41) is 11.7. The molecule has 1 rings (SSSR count). The summed E-state index contributed by atoms with van der Waals surface area (Å²) < 4.78 is 5.48. The highest BCUT2D eigenvalue weighted by Gasteiger charge is 2.46. The van der Waals surface area contributed by atoms with Gasteiger partial charge in [-0.05, 0) is 25.2 Å². The summed E-state index contributed by atoms with van der Waals surface area (Å²) in [6.45, 7) is 4.14. The average Bonchev–Trinajstić information content (AvgIpc) is 2.94. The number of oxime groups is 1. The third kappa shape index (κ3) is 2.93. The van der Waals surface area contributed by atoms with Crippen LogP contribution >= 0.6 is 0 Å². The van der Waals surface area contributed by atoms with Crippen molar-refractivity contribution in [2.24, 2.45) is 10.6 Å². The van der Waals surface area contributed by atoms with Gasteiger partial charge in [0, 0.05) is 12.7 Å². The van der Waals surface area contributed by atoms with Gasteiger partial charge in [-0.1, -0.05) is 30.3 Å². The highest BCUT2D eigenvalue weighted by Crippen LogP contribution is 2.51. The van der Waals surface area contributed by atoms with Crippen molar-refractivity contribution >= 4 is 6.21 Å². The molecule has 1 fully saturated rings. The molecule has 0 radical (unpaired) electrons. The first kappa shape index (κ1) is 12.0. The van der Waals surface area contributed by atoms with Crippen LogP contribution in [-0.2, 0) is 4.74 Å². The zero-order valence-corrected chi connectivity index (χ0v) is 9.60. The van der Waals surface area contributed by atoms with Crippen molar-refractivity contribution in [3.63, 3.8) is 0 Å². The minimum absolute atomic E-state index is 0.0181. The van der Waals surface area contributed by atoms with E-state index >= 15 is 0 Å². The van der Waals surface area contributed by atoms with Crippen molar-refractivity contribution in [3.8, 4) is 0 Å². The molecule has 0 aromatic carbocycles. The quantitative estimate of drug-likeness (QED) is 0.327. The van der Waals surface area contributed by atoms with Crippen molar-refractivity contribution in [1.29, 1.82) is 0 Å². The van der Waals surface area contributed by atoms with Gasteiger partial charge in [-0.2, -0.15) is 0 Å². The lowest BCUT2D eigenvalue weighted by Crippen LogP contribution is -2.25. The zero-order chi connectivity index (χ0) is 11.3. The van der Waals surface area contributed by atoms with Crippen LogP contribution in [0.2, 0.25) is 0 Å². The highest BCUT2D eigenvalue weighted by molar-refractivity contribution is 5.80. The first-order valence-electron chi connectivity index (χ1n) is 5.21. The maximum absolute atomic E-state index is 8.62. The normalized spacial score (nSPS) is 22.5. The van der Waals surface area contributed by atoms with Gasteiger partial charge in [-0.3, -0.25) is 0 Å². The van der Waals surface area contributed by atoms with Gasteiger partial charge >= 0.3 is 0 Å². The molecule has 1 aliphatic rings. The van der Waals surface area contributed by atoms with Crippen LogP contribution in [0.3, 0.4) is 0 Å². The fourth-order valence-corrected chi connectivity index (χ4v) is 1.75. The Morgan fingerprint density at radius 2 is 2.20 bits per heavy atom. The van der Waals surface area contributed by atoms with Crippen LogP contribution in [0.4, 0.5) is 0 Å². The predicted molar refractivity (Wildman–Crippen MR) is 61.3 cm³/mol. The number of methoxy groups -OCH3 is 1. The van der Waals surface area contributed by atoms with Crippen molar-refractivity contribution in [1.82, 2.24) is 0 Å². The summed E-state index contributed by atoms with van der Waals surface area (Å²) in [7, 11) is 1.70. The van der Waals surface area contributed by atoms with Crippen molar-refractivity contribution in [2.45, 2.75) is 32.8 Å². The van der Waals surface area contributed by atoms with Crippen molar-refractivity contribution < 1.29 is 9.94 Å². The second kappa shape index (κ2) is 5.12. The summed E-state index contributed by atoms with van der Waals surface area (Å²) >= 11 is 0. The van der Waals surface area contributed by atoms with Gasteiger partial charge in [0.25, 0.3) is 0 Å². The van der Waals surface area contributed by atoms with E-state index in [2.05, 4.69) is 12.1 Å². The van der Waals surface area contributed by atoms with E-state index in [1.807, 2.05) is 25.2 Å². The number of ether oxygens (including phenoxy) is 1. The lowest BCUT2D eigenvalue weighted by atomic mass is 9.94. The Balaban J connectivity index is 2.85. The standard InChI is InChI=1S/C12H19NO2/c1-4-5-6-10(9-13-14)11(15-3)12(2)7-8-12/h4-6,9,11,14H,7-8H2,1-3H3/b5-4-,10-6+,13-9+. The number of hydrogen-bond donors (Lipinski definition) is 1. The summed E-state index contributed by atoms with van der Waals surface area (Å²) in [5.41, 5.74) is 1.13. The minimum Gasteiger partial charge on any atom is -0.411 e. The predicted octanol–water partition coefficient (Wildman–Crippen LogP) is 2.76. The molecule has 3 nitrogen and oxygen atoms in total. The molecule has 1 unspecified atom stereocenters. The molecule has 1 N–H and O–H groups in total. The molecule has 0 bridgehead atoms. The molecule has 0 heterocycles. The number of nitrogens with zero attached hydrogens (tertiary/aromatic N) is 1. The van der Waals surface area contributed by atoms with Crippen LogP contribution in [0.15, 0.2) is 29.0 Å². The summed E-state index contributed by atoms with van der Waals surface area (Å²) in [6, 6.07) is 0. The third-order valence-corrected chi connectivity index (χ3v) is 2.90. The Kier molecular flexibility index (Phi) is 4.09. The van der Waals surface area contributed by atoms with E-state index in [1.165, 1.54) is 6.21 Å². The van der Waals surface area contributed by atoms with E-state index in [-0.39, 0.29) is 11.5 Å². The van der Waals surface area contributed by atoms with Crippen LogP contribution in [0.1, 0.15) is 26.7 Å². The van der Waals surface area contributed by atoms with E-state index in [0.717, 1.165) is 18.4 Å². The van der Waals surface area contributed by atoms with E-state index in [4.69, 9.17) is 9.94 Å². The van der Waals surface area contributed by atoms with Crippen molar-refractivity contribution in [3.05, 3.63) is 23.8 Å².